The summed E-state index contributed by atoms with van der Waals surface area (Å²) in [6, 6.07) is 0. The lowest BCUT2D eigenvalue weighted by Gasteiger charge is -2.11. The van der Waals surface area contributed by atoms with Crippen LogP contribution >= 0.6 is 0 Å². The van der Waals surface area contributed by atoms with E-state index in [1.807, 2.05) is 14.0 Å². The van der Waals surface area contributed by atoms with Crippen molar-refractivity contribution in [3.63, 3.8) is 0 Å². The van der Waals surface area contributed by atoms with Crippen LogP contribution in [0.15, 0.2) is 0 Å². The normalized spacial score (nSPS) is 9.20. The van der Waals surface area contributed by atoms with Crippen molar-refractivity contribution >= 4 is 0 Å². The Morgan fingerprint density at radius 1 is 1.40 bits per heavy atom. The standard InChI is InChI=1S/C8H15NO/c1-3-4-5-6-9(2)7-8-10/h10H,5-8H2,1-2H3. The number of hydrogen-bond donors (Lipinski definition) is 1. The molecule has 58 valence electrons. The predicted molar refractivity (Wildman–Crippen MR) is 42.6 cm³/mol. The lowest BCUT2D eigenvalue weighted by Crippen LogP contribution is -2.22. The molecule has 0 bridgehead atoms. The molecule has 0 radical (unpaired) electrons. The van der Waals surface area contributed by atoms with Crippen molar-refractivity contribution in [1.82, 2.24) is 4.90 Å². The summed E-state index contributed by atoms with van der Waals surface area (Å²) in [5.41, 5.74) is 0. The molecule has 0 aliphatic heterocycles. The quantitative estimate of drug-likeness (QED) is 0.570. The Labute approximate surface area is 62.8 Å². The van der Waals surface area contributed by atoms with Gasteiger partial charge in [0.25, 0.3) is 0 Å². The van der Waals surface area contributed by atoms with Crippen LogP contribution in [0.5, 0.6) is 0 Å². The fourth-order valence-corrected chi connectivity index (χ4v) is 0.654. The van der Waals surface area contributed by atoms with Crippen molar-refractivity contribution in [2.24, 2.45) is 0 Å². The Kier molecular flexibility index (Phi) is 6.25. The number of aliphatic hydroxyl groups excluding tert-OH is 1. The van der Waals surface area contributed by atoms with Gasteiger partial charge in [-0.1, -0.05) is 0 Å². The number of hydrogen-bond acceptors (Lipinski definition) is 2. The average molecular weight is 141 g/mol. The first-order chi connectivity index (χ1) is 4.81. The molecule has 0 unspecified atom stereocenters. The number of aliphatic hydroxyl groups is 1. The molecule has 0 aliphatic rings. The maximum absolute atomic E-state index is 8.52. The van der Waals surface area contributed by atoms with Gasteiger partial charge in [-0.3, -0.25) is 0 Å². The molecular weight excluding hydrogens is 126 g/mol. The van der Waals surface area contributed by atoms with E-state index in [1.54, 1.807) is 0 Å². The van der Waals surface area contributed by atoms with Crippen LogP contribution in [-0.2, 0) is 0 Å². The fraction of sp³-hybridized carbons (Fsp3) is 0.750. The monoisotopic (exact) mass is 141 g/mol. The Morgan fingerprint density at radius 2 is 2.10 bits per heavy atom. The highest BCUT2D eigenvalue weighted by molar-refractivity contribution is 4.95. The van der Waals surface area contributed by atoms with Crippen LogP contribution in [-0.4, -0.2) is 36.8 Å². The second kappa shape index (κ2) is 6.60. The van der Waals surface area contributed by atoms with Gasteiger partial charge in [0, 0.05) is 19.5 Å². The van der Waals surface area contributed by atoms with Gasteiger partial charge in [-0.15, -0.1) is 11.8 Å². The van der Waals surface area contributed by atoms with Crippen LogP contribution in [0.1, 0.15) is 13.3 Å². The van der Waals surface area contributed by atoms with E-state index in [0.29, 0.717) is 0 Å². The van der Waals surface area contributed by atoms with Gasteiger partial charge in [-0.2, -0.15) is 0 Å². The van der Waals surface area contributed by atoms with Gasteiger partial charge < -0.3 is 10.0 Å². The van der Waals surface area contributed by atoms with Crippen LogP contribution in [0, 0.1) is 11.8 Å². The first kappa shape index (κ1) is 9.48. The molecule has 0 aromatic carbocycles. The Balaban J connectivity index is 3.18. The molecule has 0 aliphatic carbocycles. The van der Waals surface area contributed by atoms with Crippen LogP contribution in [0.3, 0.4) is 0 Å². The topological polar surface area (TPSA) is 23.5 Å². The predicted octanol–water partition coefficient (Wildman–Crippen LogP) is 0.324. The summed E-state index contributed by atoms with van der Waals surface area (Å²) in [5.74, 6) is 5.79. The van der Waals surface area contributed by atoms with Crippen molar-refractivity contribution in [3.05, 3.63) is 0 Å². The van der Waals surface area contributed by atoms with Crippen LogP contribution < -0.4 is 0 Å². The van der Waals surface area contributed by atoms with Crippen LogP contribution in [0.4, 0.5) is 0 Å². The van der Waals surface area contributed by atoms with Crippen molar-refractivity contribution in [3.8, 4) is 11.8 Å². The number of rotatable bonds is 4. The highest BCUT2D eigenvalue weighted by atomic mass is 16.3. The van der Waals surface area contributed by atoms with Gasteiger partial charge in [-0.05, 0) is 14.0 Å². The van der Waals surface area contributed by atoms with E-state index >= 15 is 0 Å². The largest absolute Gasteiger partial charge is 0.395 e. The minimum Gasteiger partial charge on any atom is -0.395 e. The molecular formula is C8H15NO. The fourth-order valence-electron chi connectivity index (χ4n) is 0.654. The molecule has 2 heteroatoms. The highest BCUT2D eigenvalue weighted by Gasteiger charge is 1.92. The first-order valence-electron chi connectivity index (χ1n) is 3.50. The van der Waals surface area contributed by atoms with Crippen molar-refractivity contribution in [2.75, 3.05) is 26.7 Å². The van der Waals surface area contributed by atoms with Crippen molar-refractivity contribution in [1.29, 1.82) is 0 Å². The van der Waals surface area contributed by atoms with Crippen LogP contribution in [0.2, 0.25) is 0 Å². The molecule has 0 fully saturated rings. The maximum Gasteiger partial charge on any atom is 0.0558 e. The Hall–Kier alpha value is -0.520. The number of nitrogens with zero attached hydrogens (tertiary/aromatic N) is 1. The minimum atomic E-state index is 0.232. The summed E-state index contributed by atoms with van der Waals surface area (Å²) in [6.07, 6.45) is 0.896. The molecule has 0 rings (SSSR count). The van der Waals surface area contributed by atoms with Gasteiger partial charge >= 0.3 is 0 Å². The second-order valence-electron chi connectivity index (χ2n) is 2.20. The third-order valence-electron chi connectivity index (χ3n) is 1.28. The zero-order valence-corrected chi connectivity index (χ0v) is 6.72. The highest BCUT2D eigenvalue weighted by Crippen LogP contribution is 1.83. The molecule has 0 aromatic heterocycles. The van der Waals surface area contributed by atoms with Gasteiger partial charge in [0.1, 0.15) is 0 Å². The smallest absolute Gasteiger partial charge is 0.0558 e. The molecule has 0 saturated heterocycles. The van der Waals surface area contributed by atoms with Crippen molar-refractivity contribution in [2.45, 2.75) is 13.3 Å². The maximum atomic E-state index is 8.52. The molecule has 0 heterocycles. The molecule has 1 N–H and O–H groups in total. The average Bonchev–Trinajstić information content (AvgIpc) is 1.89. The molecule has 0 saturated carbocycles. The van der Waals surface area contributed by atoms with E-state index in [2.05, 4.69) is 16.7 Å². The molecule has 0 atom stereocenters. The second-order valence-corrected chi connectivity index (χ2v) is 2.20. The Morgan fingerprint density at radius 3 is 2.60 bits per heavy atom. The Bertz CT molecular complexity index is 123. The molecule has 10 heavy (non-hydrogen) atoms. The summed E-state index contributed by atoms with van der Waals surface area (Å²) < 4.78 is 0. The lowest BCUT2D eigenvalue weighted by molar-refractivity contribution is 0.224. The molecule has 0 aromatic rings. The van der Waals surface area contributed by atoms with Gasteiger partial charge in [0.05, 0.1) is 6.61 Å². The van der Waals surface area contributed by atoms with Crippen molar-refractivity contribution < 1.29 is 5.11 Å². The SMILES string of the molecule is CC#CCCN(C)CCO. The number of likely N-dealkylation sites (N-methyl/N-ethyl adjacent to an activating group) is 1. The third kappa shape index (κ3) is 5.61. The van der Waals surface area contributed by atoms with E-state index in [-0.39, 0.29) is 6.61 Å². The van der Waals surface area contributed by atoms with Gasteiger partial charge in [-0.25, -0.2) is 0 Å². The van der Waals surface area contributed by atoms with Gasteiger partial charge in [0.2, 0.25) is 0 Å². The first-order valence-corrected chi connectivity index (χ1v) is 3.50. The molecule has 2 nitrogen and oxygen atoms in total. The lowest BCUT2D eigenvalue weighted by atomic mass is 10.4. The van der Waals surface area contributed by atoms with E-state index in [1.165, 1.54) is 0 Å². The van der Waals surface area contributed by atoms with E-state index in [9.17, 15) is 0 Å². The molecule has 0 amide bonds. The summed E-state index contributed by atoms with van der Waals surface area (Å²) >= 11 is 0. The molecule has 0 spiro atoms. The zero-order valence-electron chi connectivity index (χ0n) is 6.72. The summed E-state index contributed by atoms with van der Waals surface area (Å²) in [6.45, 7) is 3.76. The third-order valence-corrected chi connectivity index (χ3v) is 1.28. The van der Waals surface area contributed by atoms with E-state index in [4.69, 9.17) is 5.11 Å². The minimum absolute atomic E-state index is 0.232. The summed E-state index contributed by atoms with van der Waals surface area (Å²) in [7, 11) is 1.98. The van der Waals surface area contributed by atoms with E-state index < -0.39 is 0 Å². The summed E-state index contributed by atoms with van der Waals surface area (Å²) in [5, 5.41) is 8.52. The van der Waals surface area contributed by atoms with E-state index in [0.717, 1.165) is 19.5 Å². The van der Waals surface area contributed by atoms with Gasteiger partial charge in [0.15, 0.2) is 0 Å². The summed E-state index contributed by atoms with van der Waals surface area (Å²) in [4.78, 5) is 2.06. The zero-order chi connectivity index (χ0) is 7.82. The van der Waals surface area contributed by atoms with Crippen LogP contribution in [0.25, 0.3) is 0 Å².